The number of carbonyl (C=O) groups excluding carboxylic acids is 2. The van der Waals surface area contributed by atoms with E-state index in [0.29, 0.717) is 18.5 Å². The minimum absolute atomic E-state index is 0.0511. The molecule has 0 radical (unpaired) electrons. The van der Waals surface area contributed by atoms with E-state index in [4.69, 9.17) is 4.74 Å². The van der Waals surface area contributed by atoms with Crippen LogP contribution in [-0.4, -0.2) is 18.4 Å². The first-order valence-corrected chi connectivity index (χ1v) is 8.11. The van der Waals surface area contributed by atoms with E-state index in [2.05, 4.69) is 17.2 Å². The highest BCUT2D eigenvalue weighted by atomic mass is 16.5. The number of rotatable bonds is 5. The van der Waals surface area contributed by atoms with Gasteiger partial charge in [-0.1, -0.05) is 42.2 Å². The molecule has 0 saturated carbocycles. The minimum atomic E-state index is -0.452. The minimum Gasteiger partial charge on any atom is -0.445 e. The van der Waals surface area contributed by atoms with Crippen LogP contribution in [-0.2, 0) is 11.3 Å². The molecule has 0 atom stereocenters. The smallest absolute Gasteiger partial charge is 0.407 e. The number of carbonyl (C=O) groups is 2. The Hall–Kier alpha value is -3.06. The number of ether oxygens (including phenoxy) is 1. The van der Waals surface area contributed by atoms with Crippen molar-refractivity contribution < 1.29 is 14.3 Å². The van der Waals surface area contributed by atoms with Crippen LogP contribution in [0.2, 0.25) is 0 Å². The SMILES string of the molecule is CC(=O)c1ccc(C#CCCNC(=O)OCc2ccccc2)cc1C. The zero-order valence-corrected chi connectivity index (χ0v) is 14.5. The van der Waals surface area contributed by atoms with Gasteiger partial charge < -0.3 is 10.1 Å². The average Bonchev–Trinajstić information content (AvgIpc) is 2.60. The van der Waals surface area contributed by atoms with Crippen LogP contribution >= 0.6 is 0 Å². The van der Waals surface area contributed by atoms with E-state index in [9.17, 15) is 9.59 Å². The molecule has 0 aliphatic carbocycles. The Morgan fingerprint density at radius 3 is 2.56 bits per heavy atom. The van der Waals surface area contributed by atoms with Gasteiger partial charge in [-0.05, 0) is 43.2 Å². The molecule has 1 amide bonds. The van der Waals surface area contributed by atoms with Crippen LogP contribution < -0.4 is 5.32 Å². The van der Waals surface area contributed by atoms with Crippen molar-refractivity contribution in [2.75, 3.05) is 6.54 Å². The molecule has 128 valence electrons. The lowest BCUT2D eigenvalue weighted by Gasteiger charge is -2.05. The van der Waals surface area contributed by atoms with Crippen LogP contribution in [0.4, 0.5) is 4.79 Å². The summed E-state index contributed by atoms with van der Waals surface area (Å²) in [6.45, 7) is 4.12. The fourth-order valence-corrected chi connectivity index (χ4v) is 2.30. The lowest BCUT2D eigenvalue weighted by atomic mass is 10.0. The molecular formula is C21H21NO3. The van der Waals surface area contributed by atoms with Crippen molar-refractivity contribution in [1.82, 2.24) is 5.32 Å². The van der Waals surface area contributed by atoms with Crippen LogP contribution in [0.15, 0.2) is 48.5 Å². The monoisotopic (exact) mass is 335 g/mol. The predicted molar refractivity (Wildman–Crippen MR) is 97.3 cm³/mol. The number of amides is 1. The van der Waals surface area contributed by atoms with Crippen molar-refractivity contribution in [3.8, 4) is 11.8 Å². The number of benzene rings is 2. The Morgan fingerprint density at radius 1 is 1.12 bits per heavy atom. The number of alkyl carbamates (subject to hydrolysis) is 1. The Morgan fingerprint density at radius 2 is 1.88 bits per heavy atom. The van der Waals surface area contributed by atoms with Crippen molar-refractivity contribution in [2.45, 2.75) is 26.9 Å². The molecule has 0 aromatic heterocycles. The van der Waals surface area contributed by atoms with Gasteiger partial charge in [-0.15, -0.1) is 0 Å². The van der Waals surface area contributed by atoms with Gasteiger partial charge in [-0.3, -0.25) is 4.79 Å². The van der Waals surface area contributed by atoms with Gasteiger partial charge in [0.15, 0.2) is 5.78 Å². The van der Waals surface area contributed by atoms with Crippen molar-refractivity contribution >= 4 is 11.9 Å². The first-order chi connectivity index (χ1) is 12.1. The summed E-state index contributed by atoms with van der Waals surface area (Å²) in [6.07, 6.45) is 0.0702. The molecule has 1 N–H and O–H groups in total. The number of hydrogen-bond acceptors (Lipinski definition) is 3. The standard InChI is InChI=1S/C21H21NO3/c1-16-14-18(11-12-20(16)17(2)23)8-6-7-13-22-21(24)25-15-19-9-4-3-5-10-19/h3-5,9-12,14H,7,13,15H2,1-2H3,(H,22,24). The summed E-state index contributed by atoms with van der Waals surface area (Å²) in [6, 6.07) is 15.0. The number of hydrogen-bond donors (Lipinski definition) is 1. The Balaban J connectivity index is 1.72. The van der Waals surface area contributed by atoms with Gasteiger partial charge in [-0.25, -0.2) is 4.79 Å². The number of nitrogens with one attached hydrogen (secondary N) is 1. The molecule has 0 heterocycles. The molecule has 0 aliphatic heterocycles. The summed E-state index contributed by atoms with van der Waals surface area (Å²) >= 11 is 0. The zero-order valence-electron chi connectivity index (χ0n) is 14.5. The van der Waals surface area contributed by atoms with Crippen LogP contribution in [0, 0.1) is 18.8 Å². The Labute approximate surface area is 148 Å². The number of ketones is 1. The molecular weight excluding hydrogens is 314 g/mol. The molecule has 4 nitrogen and oxygen atoms in total. The maximum atomic E-state index is 11.6. The molecule has 0 spiro atoms. The molecule has 2 rings (SSSR count). The van der Waals surface area contributed by atoms with E-state index in [1.165, 1.54) is 0 Å². The van der Waals surface area contributed by atoms with Gasteiger partial charge in [-0.2, -0.15) is 0 Å². The molecule has 0 fully saturated rings. The summed E-state index contributed by atoms with van der Waals surface area (Å²) in [5, 5.41) is 2.67. The molecule has 2 aromatic carbocycles. The molecule has 0 unspecified atom stereocenters. The summed E-state index contributed by atoms with van der Waals surface area (Å²) in [5.74, 6) is 6.08. The van der Waals surface area contributed by atoms with Gasteiger partial charge in [0, 0.05) is 24.1 Å². The van der Waals surface area contributed by atoms with E-state index in [-0.39, 0.29) is 12.4 Å². The van der Waals surface area contributed by atoms with Gasteiger partial charge in [0.1, 0.15) is 6.61 Å². The second kappa shape index (κ2) is 9.29. The van der Waals surface area contributed by atoms with E-state index in [1.54, 1.807) is 13.0 Å². The van der Waals surface area contributed by atoms with Crippen LogP contribution in [0.25, 0.3) is 0 Å². The van der Waals surface area contributed by atoms with Crippen molar-refractivity contribution in [3.05, 3.63) is 70.8 Å². The molecule has 25 heavy (non-hydrogen) atoms. The summed E-state index contributed by atoms with van der Waals surface area (Å²) < 4.78 is 5.11. The van der Waals surface area contributed by atoms with E-state index in [0.717, 1.165) is 16.7 Å². The normalized spacial score (nSPS) is 9.68. The van der Waals surface area contributed by atoms with Gasteiger partial charge >= 0.3 is 6.09 Å². The van der Waals surface area contributed by atoms with Crippen LogP contribution in [0.5, 0.6) is 0 Å². The van der Waals surface area contributed by atoms with Gasteiger partial charge in [0.05, 0.1) is 0 Å². The second-order valence-electron chi connectivity index (χ2n) is 5.63. The second-order valence-corrected chi connectivity index (χ2v) is 5.63. The summed E-state index contributed by atoms with van der Waals surface area (Å²) in [4.78, 5) is 23.0. The molecule has 0 bridgehead atoms. The largest absolute Gasteiger partial charge is 0.445 e. The van der Waals surface area contributed by atoms with E-state index < -0.39 is 6.09 Å². The molecule has 0 aliphatic rings. The highest BCUT2D eigenvalue weighted by Crippen LogP contribution is 2.11. The Bertz CT molecular complexity index is 801. The molecule has 0 saturated heterocycles. The number of aryl methyl sites for hydroxylation is 1. The van der Waals surface area contributed by atoms with Gasteiger partial charge in [0.25, 0.3) is 0 Å². The third-order valence-electron chi connectivity index (χ3n) is 3.57. The fraction of sp³-hybridized carbons (Fsp3) is 0.238. The zero-order chi connectivity index (χ0) is 18.1. The number of Topliss-reactive ketones (excluding diaryl/α,β-unsaturated/α-hetero) is 1. The van der Waals surface area contributed by atoms with E-state index in [1.807, 2.05) is 49.4 Å². The average molecular weight is 335 g/mol. The van der Waals surface area contributed by atoms with Crippen LogP contribution in [0.1, 0.15) is 40.4 Å². The fourth-order valence-electron chi connectivity index (χ4n) is 2.30. The summed E-state index contributed by atoms with van der Waals surface area (Å²) in [7, 11) is 0. The Kier molecular flexibility index (Phi) is 6.79. The van der Waals surface area contributed by atoms with E-state index >= 15 is 0 Å². The van der Waals surface area contributed by atoms with Crippen LogP contribution in [0.3, 0.4) is 0 Å². The van der Waals surface area contributed by atoms with Crippen molar-refractivity contribution in [2.24, 2.45) is 0 Å². The highest BCUT2D eigenvalue weighted by molar-refractivity contribution is 5.95. The van der Waals surface area contributed by atoms with Crippen molar-refractivity contribution in [3.63, 3.8) is 0 Å². The third-order valence-corrected chi connectivity index (χ3v) is 3.57. The third kappa shape index (κ3) is 6.15. The molecule has 4 heteroatoms. The lowest BCUT2D eigenvalue weighted by molar-refractivity contribution is 0.101. The van der Waals surface area contributed by atoms with Crippen molar-refractivity contribution in [1.29, 1.82) is 0 Å². The predicted octanol–water partition coefficient (Wildman–Crippen LogP) is 3.87. The molecule has 2 aromatic rings. The maximum absolute atomic E-state index is 11.6. The summed E-state index contributed by atoms with van der Waals surface area (Å²) in [5.41, 5.74) is 3.44. The van der Waals surface area contributed by atoms with Gasteiger partial charge in [0.2, 0.25) is 0 Å². The quantitative estimate of drug-likeness (QED) is 0.513. The first kappa shape index (κ1) is 18.3. The first-order valence-electron chi connectivity index (χ1n) is 8.11. The lowest BCUT2D eigenvalue weighted by Crippen LogP contribution is -2.24. The highest BCUT2D eigenvalue weighted by Gasteiger charge is 2.03. The topological polar surface area (TPSA) is 55.4 Å². The maximum Gasteiger partial charge on any atom is 0.407 e.